The van der Waals surface area contributed by atoms with E-state index < -0.39 is 0 Å². The minimum atomic E-state index is -0.0897. The van der Waals surface area contributed by atoms with Crippen LogP contribution < -0.4 is 16.0 Å². The molecule has 2 rings (SSSR count). The number of nitrogens with zero attached hydrogens (tertiary/aromatic N) is 4. The number of anilines is 1. The van der Waals surface area contributed by atoms with Crippen LogP contribution in [-0.4, -0.2) is 39.7 Å². The molecule has 0 bridgehead atoms. The molecule has 0 atom stereocenters. The molecule has 0 saturated heterocycles. The normalized spacial score (nSPS) is 11.2. The van der Waals surface area contributed by atoms with Gasteiger partial charge in [-0.05, 0) is 32.0 Å². The lowest BCUT2D eigenvalue weighted by molar-refractivity contribution is -0.116. The van der Waals surface area contributed by atoms with Crippen molar-refractivity contribution in [1.29, 1.82) is 0 Å². The van der Waals surface area contributed by atoms with Crippen molar-refractivity contribution in [3.05, 3.63) is 41.9 Å². The van der Waals surface area contributed by atoms with Crippen LogP contribution in [-0.2, 0) is 18.4 Å². The first-order valence-electron chi connectivity index (χ1n) is 8.31. The van der Waals surface area contributed by atoms with Crippen LogP contribution >= 0.6 is 0 Å². The molecule has 0 aliphatic carbocycles. The number of guanidine groups is 1. The van der Waals surface area contributed by atoms with Crippen molar-refractivity contribution in [3.63, 3.8) is 0 Å². The Morgan fingerprint density at radius 1 is 1.28 bits per heavy atom. The highest BCUT2D eigenvalue weighted by molar-refractivity contribution is 5.90. The predicted octanol–water partition coefficient (Wildman–Crippen LogP) is 1.21. The molecule has 0 unspecified atom stereocenters. The van der Waals surface area contributed by atoms with Gasteiger partial charge in [-0.2, -0.15) is 5.10 Å². The Labute approximate surface area is 147 Å². The quantitative estimate of drug-likeness (QED) is 0.519. The largest absolute Gasteiger partial charge is 0.357 e. The van der Waals surface area contributed by atoms with Gasteiger partial charge >= 0.3 is 0 Å². The lowest BCUT2D eigenvalue weighted by Gasteiger charge is -2.11. The Morgan fingerprint density at radius 2 is 2.12 bits per heavy atom. The number of pyridine rings is 1. The van der Waals surface area contributed by atoms with Gasteiger partial charge < -0.3 is 16.0 Å². The second-order valence-electron chi connectivity index (χ2n) is 5.53. The summed E-state index contributed by atoms with van der Waals surface area (Å²) in [5.41, 5.74) is 1.88. The lowest BCUT2D eigenvalue weighted by Crippen LogP contribution is -2.38. The van der Waals surface area contributed by atoms with E-state index >= 15 is 0 Å². The Morgan fingerprint density at radius 3 is 2.80 bits per heavy atom. The molecule has 0 aromatic carbocycles. The molecule has 2 aromatic heterocycles. The van der Waals surface area contributed by atoms with Gasteiger partial charge in [-0.25, -0.2) is 9.98 Å². The first kappa shape index (κ1) is 18.4. The third-order valence-corrected chi connectivity index (χ3v) is 3.47. The first-order chi connectivity index (χ1) is 12.1. The maximum absolute atomic E-state index is 12.0. The molecule has 2 aromatic rings. The fraction of sp³-hybridized carbons (Fsp3) is 0.412. The van der Waals surface area contributed by atoms with E-state index in [1.54, 1.807) is 16.9 Å². The highest BCUT2D eigenvalue weighted by Gasteiger charge is 2.05. The second-order valence-corrected chi connectivity index (χ2v) is 5.53. The van der Waals surface area contributed by atoms with Crippen LogP contribution in [0.3, 0.4) is 0 Å². The van der Waals surface area contributed by atoms with Gasteiger partial charge in [0.05, 0.1) is 12.2 Å². The summed E-state index contributed by atoms with van der Waals surface area (Å²) in [7, 11) is 1.88. The van der Waals surface area contributed by atoms with Crippen molar-refractivity contribution < 1.29 is 4.79 Å². The fourth-order valence-electron chi connectivity index (χ4n) is 2.17. The molecular weight excluding hydrogens is 318 g/mol. The Balaban J connectivity index is 1.80. The minimum Gasteiger partial charge on any atom is -0.357 e. The molecule has 0 aliphatic heterocycles. The number of aryl methyl sites for hydroxylation is 2. The Hall–Kier alpha value is -2.90. The number of carbonyl (C=O) groups is 1. The standard InChI is InChI=1S/C17H25N7O/c1-4-18-17(20-12-14-8-11-21-24(14)3)19-10-9-16(25)23-15-7-5-6-13(2)22-15/h5-8,11H,4,9-10,12H2,1-3H3,(H2,18,19,20)(H,22,23,25). The van der Waals surface area contributed by atoms with Gasteiger partial charge in [0.2, 0.25) is 5.91 Å². The highest BCUT2D eigenvalue weighted by atomic mass is 16.1. The van der Waals surface area contributed by atoms with Gasteiger partial charge in [-0.3, -0.25) is 9.48 Å². The summed E-state index contributed by atoms with van der Waals surface area (Å²) in [5, 5.41) is 13.2. The smallest absolute Gasteiger partial charge is 0.227 e. The van der Waals surface area contributed by atoms with Crippen molar-refractivity contribution in [2.24, 2.45) is 12.0 Å². The molecule has 0 aliphatic rings. The maximum Gasteiger partial charge on any atom is 0.227 e. The Kier molecular flexibility index (Phi) is 6.94. The molecule has 25 heavy (non-hydrogen) atoms. The number of nitrogens with one attached hydrogen (secondary N) is 3. The summed E-state index contributed by atoms with van der Waals surface area (Å²) >= 11 is 0. The fourth-order valence-corrected chi connectivity index (χ4v) is 2.17. The summed E-state index contributed by atoms with van der Waals surface area (Å²) in [6, 6.07) is 7.45. The van der Waals surface area contributed by atoms with E-state index in [-0.39, 0.29) is 5.91 Å². The number of hydrogen-bond donors (Lipinski definition) is 3. The van der Waals surface area contributed by atoms with E-state index in [1.807, 2.05) is 39.1 Å². The lowest BCUT2D eigenvalue weighted by atomic mass is 10.3. The van der Waals surface area contributed by atoms with Crippen LogP contribution in [0.2, 0.25) is 0 Å². The molecule has 0 spiro atoms. The molecule has 1 amide bonds. The molecular formula is C17H25N7O. The van der Waals surface area contributed by atoms with Crippen molar-refractivity contribution in [2.45, 2.75) is 26.8 Å². The van der Waals surface area contributed by atoms with Crippen molar-refractivity contribution >= 4 is 17.7 Å². The molecule has 3 N–H and O–H groups in total. The molecule has 0 fully saturated rings. The average Bonchev–Trinajstić information content (AvgIpc) is 2.97. The number of hydrogen-bond acceptors (Lipinski definition) is 4. The van der Waals surface area contributed by atoms with Gasteiger partial charge in [-0.15, -0.1) is 0 Å². The Bertz CT molecular complexity index is 723. The maximum atomic E-state index is 12.0. The molecule has 8 nitrogen and oxygen atoms in total. The predicted molar refractivity (Wildman–Crippen MR) is 98.2 cm³/mol. The number of aromatic nitrogens is 3. The van der Waals surface area contributed by atoms with Crippen molar-refractivity contribution in [3.8, 4) is 0 Å². The van der Waals surface area contributed by atoms with Gasteiger partial charge in [0, 0.05) is 38.4 Å². The average molecular weight is 343 g/mol. The third-order valence-electron chi connectivity index (χ3n) is 3.47. The van der Waals surface area contributed by atoms with Gasteiger partial charge in [0.1, 0.15) is 5.82 Å². The zero-order chi connectivity index (χ0) is 18.1. The number of carbonyl (C=O) groups excluding carboxylic acids is 1. The SMILES string of the molecule is CCNC(=NCc1ccnn1C)NCCC(=O)Nc1cccc(C)n1. The van der Waals surface area contributed by atoms with Gasteiger partial charge in [-0.1, -0.05) is 6.07 Å². The number of rotatable bonds is 7. The molecule has 0 saturated carbocycles. The first-order valence-corrected chi connectivity index (χ1v) is 8.31. The van der Waals surface area contributed by atoms with E-state index in [1.165, 1.54) is 0 Å². The van der Waals surface area contributed by atoms with E-state index in [0.717, 1.165) is 17.9 Å². The zero-order valence-electron chi connectivity index (χ0n) is 14.9. The summed E-state index contributed by atoms with van der Waals surface area (Å²) in [5.74, 6) is 1.15. The zero-order valence-corrected chi connectivity index (χ0v) is 14.9. The van der Waals surface area contributed by atoms with Crippen LogP contribution in [0, 0.1) is 6.92 Å². The van der Waals surface area contributed by atoms with Crippen LogP contribution in [0.5, 0.6) is 0 Å². The summed E-state index contributed by atoms with van der Waals surface area (Å²) < 4.78 is 1.79. The van der Waals surface area contributed by atoms with Crippen molar-refractivity contribution in [2.75, 3.05) is 18.4 Å². The van der Waals surface area contributed by atoms with Crippen LogP contribution in [0.4, 0.5) is 5.82 Å². The number of aliphatic imine (C=N–C) groups is 1. The summed E-state index contributed by atoms with van der Waals surface area (Å²) in [4.78, 5) is 20.7. The summed E-state index contributed by atoms with van der Waals surface area (Å²) in [6.07, 6.45) is 2.07. The van der Waals surface area contributed by atoms with E-state index in [2.05, 4.69) is 31.0 Å². The molecule has 8 heteroatoms. The monoisotopic (exact) mass is 343 g/mol. The highest BCUT2D eigenvalue weighted by Crippen LogP contribution is 2.04. The van der Waals surface area contributed by atoms with Gasteiger partial charge in [0.15, 0.2) is 5.96 Å². The molecule has 0 radical (unpaired) electrons. The van der Waals surface area contributed by atoms with Crippen LogP contribution in [0.25, 0.3) is 0 Å². The third kappa shape index (κ3) is 6.25. The summed E-state index contributed by atoms with van der Waals surface area (Å²) in [6.45, 7) is 5.63. The topological polar surface area (TPSA) is 96.2 Å². The van der Waals surface area contributed by atoms with Crippen LogP contribution in [0.1, 0.15) is 24.7 Å². The molecule has 134 valence electrons. The van der Waals surface area contributed by atoms with Crippen molar-refractivity contribution in [1.82, 2.24) is 25.4 Å². The minimum absolute atomic E-state index is 0.0897. The second kappa shape index (κ2) is 9.41. The van der Waals surface area contributed by atoms with E-state index in [4.69, 9.17) is 0 Å². The van der Waals surface area contributed by atoms with Gasteiger partial charge in [0.25, 0.3) is 0 Å². The molecule has 2 heterocycles. The number of amides is 1. The van der Waals surface area contributed by atoms with E-state index in [0.29, 0.717) is 31.3 Å². The van der Waals surface area contributed by atoms with E-state index in [9.17, 15) is 4.79 Å². The van der Waals surface area contributed by atoms with Crippen LogP contribution in [0.15, 0.2) is 35.5 Å².